The maximum Gasteiger partial charge on any atom is 0.224 e. The normalized spacial score (nSPS) is 10.3. The Labute approximate surface area is 128 Å². The van der Waals surface area contributed by atoms with Gasteiger partial charge >= 0.3 is 0 Å². The number of carbonyl (C=O) groups is 1. The second-order valence-corrected chi connectivity index (χ2v) is 6.29. The lowest BCUT2D eigenvalue weighted by Crippen LogP contribution is -2.10. The summed E-state index contributed by atoms with van der Waals surface area (Å²) in [4.78, 5) is 12.6. The molecule has 5 heteroatoms. The highest BCUT2D eigenvalue weighted by Crippen LogP contribution is 2.24. The van der Waals surface area contributed by atoms with E-state index in [1.54, 1.807) is 11.3 Å². The van der Waals surface area contributed by atoms with Crippen molar-refractivity contribution in [2.75, 3.05) is 10.6 Å². The van der Waals surface area contributed by atoms with Crippen molar-refractivity contribution in [1.29, 1.82) is 0 Å². The van der Waals surface area contributed by atoms with Gasteiger partial charge in [-0.25, -0.2) is 0 Å². The maximum atomic E-state index is 11.4. The lowest BCUT2D eigenvalue weighted by Gasteiger charge is -2.11. The number of aryl methyl sites for hydroxylation is 1. The molecule has 1 heterocycles. The van der Waals surface area contributed by atoms with Gasteiger partial charge in [0.15, 0.2) is 0 Å². The molecular formula is C15H17ClN2OS. The molecule has 0 aliphatic carbocycles. The first-order valence-corrected chi connectivity index (χ1v) is 7.66. The summed E-state index contributed by atoms with van der Waals surface area (Å²) in [6, 6.07) is 9.77. The molecule has 1 aromatic carbocycles. The van der Waals surface area contributed by atoms with Gasteiger partial charge < -0.3 is 10.6 Å². The van der Waals surface area contributed by atoms with Crippen LogP contribution >= 0.6 is 22.9 Å². The van der Waals surface area contributed by atoms with Gasteiger partial charge in [0, 0.05) is 29.2 Å². The molecule has 0 saturated heterocycles. The lowest BCUT2D eigenvalue weighted by atomic mass is 10.1. The van der Waals surface area contributed by atoms with Gasteiger partial charge in [0.1, 0.15) is 0 Å². The first kappa shape index (κ1) is 14.9. The Balaban J connectivity index is 2.06. The molecule has 0 bridgehead atoms. The highest BCUT2D eigenvalue weighted by Gasteiger charge is 2.04. The maximum absolute atomic E-state index is 11.4. The second-order valence-electron chi connectivity index (χ2n) is 4.49. The summed E-state index contributed by atoms with van der Waals surface area (Å²) in [6.07, 6.45) is 0.477. The fourth-order valence-corrected chi connectivity index (χ4v) is 2.80. The van der Waals surface area contributed by atoms with Crippen molar-refractivity contribution in [2.24, 2.45) is 0 Å². The number of amides is 1. The predicted octanol–water partition coefficient (Wildman–Crippen LogP) is 4.67. The number of nitrogens with one attached hydrogen (secondary N) is 2. The Morgan fingerprint density at radius 2 is 2.10 bits per heavy atom. The van der Waals surface area contributed by atoms with Crippen molar-refractivity contribution in [3.63, 3.8) is 0 Å². The van der Waals surface area contributed by atoms with Gasteiger partial charge in [0.25, 0.3) is 0 Å². The van der Waals surface area contributed by atoms with Crippen LogP contribution in [0.5, 0.6) is 0 Å². The first-order valence-electron chi connectivity index (χ1n) is 6.47. The largest absolute Gasteiger partial charge is 0.380 e. The van der Waals surface area contributed by atoms with E-state index in [2.05, 4.69) is 10.6 Å². The first-order chi connectivity index (χ1) is 9.58. The summed E-state index contributed by atoms with van der Waals surface area (Å²) in [5, 5.41) is 6.24. The third-order valence-corrected chi connectivity index (χ3v) is 4.16. The van der Waals surface area contributed by atoms with Crippen LogP contribution in [0.25, 0.3) is 0 Å². The number of carbonyl (C=O) groups excluding carboxylic acids is 1. The highest BCUT2D eigenvalue weighted by atomic mass is 35.5. The molecule has 0 fully saturated rings. The monoisotopic (exact) mass is 308 g/mol. The van der Waals surface area contributed by atoms with Crippen LogP contribution in [0.3, 0.4) is 0 Å². The van der Waals surface area contributed by atoms with E-state index in [4.69, 9.17) is 11.6 Å². The topological polar surface area (TPSA) is 41.1 Å². The molecule has 0 aliphatic heterocycles. The van der Waals surface area contributed by atoms with Crippen LogP contribution < -0.4 is 10.6 Å². The molecule has 106 valence electrons. The van der Waals surface area contributed by atoms with Crippen LogP contribution in [0, 0.1) is 6.92 Å². The van der Waals surface area contributed by atoms with Crippen LogP contribution in [0.15, 0.2) is 30.3 Å². The van der Waals surface area contributed by atoms with E-state index < -0.39 is 0 Å². The Morgan fingerprint density at radius 3 is 2.75 bits per heavy atom. The summed E-state index contributed by atoms with van der Waals surface area (Å²) in [6.45, 7) is 4.60. The van der Waals surface area contributed by atoms with Crippen molar-refractivity contribution in [3.8, 4) is 0 Å². The number of halogens is 1. The smallest absolute Gasteiger partial charge is 0.224 e. The molecule has 1 aromatic heterocycles. The Kier molecular flexibility index (Phi) is 5.04. The average molecular weight is 309 g/mol. The zero-order valence-electron chi connectivity index (χ0n) is 11.5. The minimum atomic E-state index is 0.0184. The third kappa shape index (κ3) is 3.99. The van der Waals surface area contributed by atoms with E-state index in [1.165, 1.54) is 4.88 Å². The van der Waals surface area contributed by atoms with Crippen molar-refractivity contribution in [1.82, 2.24) is 0 Å². The number of anilines is 2. The molecule has 0 radical (unpaired) electrons. The van der Waals surface area contributed by atoms with Gasteiger partial charge in [0.2, 0.25) is 5.91 Å². The quantitative estimate of drug-likeness (QED) is 0.842. The fraction of sp³-hybridized carbons (Fsp3) is 0.267. The van der Waals surface area contributed by atoms with Gasteiger partial charge in [-0.2, -0.15) is 0 Å². The molecule has 1 amide bonds. The molecular weight excluding hydrogens is 292 g/mol. The van der Waals surface area contributed by atoms with Crippen LogP contribution in [0.1, 0.15) is 23.8 Å². The third-order valence-electron chi connectivity index (χ3n) is 2.92. The standard InChI is InChI=1S/C15H17ClN2OS/c1-3-15(19)18-11-5-4-10(2)13(8-11)17-9-12-6-7-14(16)20-12/h4-8,17H,3,9H2,1-2H3,(H,18,19). The number of rotatable bonds is 5. The molecule has 0 spiro atoms. The average Bonchev–Trinajstić information content (AvgIpc) is 2.85. The van der Waals surface area contributed by atoms with Crippen LogP contribution in [0.2, 0.25) is 4.34 Å². The number of hydrogen-bond donors (Lipinski definition) is 2. The van der Waals surface area contributed by atoms with Crippen molar-refractivity contribution in [2.45, 2.75) is 26.8 Å². The summed E-state index contributed by atoms with van der Waals surface area (Å²) < 4.78 is 0.794. The molecule has 0 saturated carbocycles. The van der Waals surface area contributed by atoms with Crippen molar-refractivity contribution in [3.05, 3.63) is 45.1 Å². The number of hydrogen-bond acceptors (Lipinski definition) is 3. The van der Waals surface area contributed by atoms with E-state index in [0.29, 0.717) is 6.42 Å². The van der Waals surface area contributed by atoms with Crippen LogP contribution in [-0.2, 0) is 11.3 Å². The van der Waals surface area contributed by atoms with Crippen molar-refractivity contribution < 1.29 is 4.79 Å². The molecule has 0 aliphatic rings. The number of thiophene rings is 1. The molecule has 2 rings (SSSR count). The molecule has 2 aromatic rings. The van der Waals surface area contributed by atoms with E-state index in [0.717, 1.165) is 27.8 Å². The molecule has 2 N–H and O–H groups in total. The SMILES string of the molecule is CCC(=O)Nc1ccc(C)c(NCc2ccc(Cl)s2)c1. The number of benzene rings is 1. The van der Waals surface area contributed by atoms with Crippen LogP contribution in [-0.4, -0.2) is 5.91 Å². The minimum Gasteiger partial charge on any atom is -0.380 e. The fourth-order valence-electron chi connectivity index (χ4n) is 1.77. The van der Waals surface area contributed by atoms with Gasteiger partial charge in [-0.05, 0) is 36.8 Å². The van der Waals surface area contributed by atoms with Gasteiger partial charge in [0.05, 0.1) is 4.34 Å². The van der Waals surface area contributed by atoms with E-state index >= 15 is 0 Å². The Hall–Kier alpha value is -1.52. The lowest BCUT2D eigenvalue weighted by molar-refractivity contribution is -0.115. The van der Waals surface area contributed by atoms with Crippen LogP contribution in [0.4, 0.5) is 11.4 Å². The summed E-state index contributed by atoms with van der Waals surface area (Å²) in [5.41, 5.74) is 2.97. The van der Waals surface area contributed by atoms with Gasteiger partial charge in [-0.1, -0.05) is 24.6 Å². The van der Waals surface area contributed by atoms with Crippen molar-refractivity contribution >= 4 is 40.2 Å². The van der Waals surface area contributed by atoms with E-state index in [1.807, 2.05) is 44.2 Å². The summed E-state index contributed by atoms with van der Waals surface area (Å²) >= 11 is 7.48. The molecule has 20 heavy (non-hydrogen) atoms. The summed E-state index contributed by atoms with van der Waals surface area (Å²) in [5.74, 6) is 0.0184. The molecule has 0 atom stereocenters. The van der Waals surface area contributed by atoms with Gasteiger partial charge in [-0.15, -0.1) is 11.3 Å². The summed E-state index contributed by atoms with van der Waals surface area (Å²) in [7, 11) is 0. The zero-order valence-corrected chi connectivity index (χ0v) is 13.1. The highest BCUT2D eigenvalue weighted by molar-refractivity contribution is 7.16. The van der Waals surface area contributed by atoms with Gasteiger partial charge in [-0.3, -0.25) is 4.79 Å². The zero-order chi connectivity index (χ0) is 14.5. The molecule has 0 unspecified atom stereocenters. The molecule has 3 nitrogen and oxygen atoms in total. The predicted molar refractivity (Wildman–Crippen MR) is 86.8 cm³/mol. The Bertz CT molecular complexity index is 610. The second kappa shape index (κ2) is 6.77. The van der Waals surface area contributed by atoms with E-state index in [-0.39, 0.29) is 5.91 Å². The Morgan fingerprint density at radius 1 is 1.30 bits per heavy atom. The minimum absolute atomic E-state index is 0.0184. The van der Waals surface area contributed by atoms with E-state index in [9.17, 15) is 4.79 Å².